The molecule has 86 valence electrons. The van der Waals surface area contributed by atoms with Gasteiger partial charge in [-0.2, -0.15) is 0 Å². The molecule has 0 heterocycles. The normalized spacial score (nSPS) is 10.6. The summed E-state index contributed by atoms with van der Waals surface area (Å²) in [6.45, 7) is 15.3. The lowest BCUT2D eigenvalue weighted by molar-refractivity contribution is 0.585. The van der Waals surface area contributed by atoms with E-state index in [0.29, 0.717) is 0 Å². The fourth-order valence-electron chi connectivity index (χ4n) is 1.88. The van der Waals surface area contributed by atoms with Crippen LogP contribution < -0.4 is 0 Å². The summed E-state index contributed by atoms with van der Waals surface area (Å²) >= 11 is 0. The molecule has 0 radical (unpaired) electrons. The van der Waals surface area contributed by atoms with Gasteiger partial charge in [-0.25, -0.2) is 0 Å². The van der Waals surface area contributed by atoms with E-state index in [9.17, 15) is 0 Å². The molecular weight excluding hydrogens is 180 g/mol. The molecule has 0 spiro atoms. The molecule has 1 aromatic carbocycles. The molecule has 0 nitrogen and oxygen atoms in total. The molecule has 0 unspecified atom stereocenters. The first-order valence-corrected chi connectivity index (χ1v) is 6.05. The van der Waals surface area contributed by atoms with Crippen LogP contribution >= 0.6 is 0 Å². The third kappa shape index (κ3) is 3.70. The highest BCUT2D eigenvalue weighted by Gasteiger charge is 2.16. The maximum atomic E-state index is 2.27. The summed E-state index contributed by atoms with van der Waals surface area (Å²) in [6, 6.07) is 6.64. The second-order valence-corrected chi connectivity index (χ2v) is 4.69. The molecule has 1 rings (SSSR count). The van der Waals surface area contributed by atoms with Crippen molar-refractivity contribution in [3.63, 3.8) is 0 Å². The van der Waals surface area contributed by atoms with Crippen LogP contribution in [-0.4, -0.2) is 0 Å². The van der Waals surface area contributed by atoms with Crippen molar-refractivity contribution in [2.75, 3.05) is 0 Å². The first-order chi connectivity index (χ1) is 6.96. The summed E-state index contributed by atoms with van der Waals surface area (Å²) in [6.07, 6.45) is 1.13. The van der Waals surface area contributed by atoms with Crippen molar-refractivity contribution in [1.29, 1.82) is 0 Å². The summed E-state index contributed by atoms with van der Waals surface area (Å²) in [5.74, 6) is 0. The lowest BCUT2D eigenvalue weighted by Gasteiger charge is -2.23. The van der Waals surface area contributed by atoms with E-state index in [0.717, 1.165) is 6.42 Å². The van der Waals surface area contributed by atoms with E-state index in [1.165, 1.54) is 16.7 Å². The Morgan fingerprint density at radius 1 is 1.07 bits per heavy atom. The third-order valence-corrected chi connectivity index (χ3v) is 2.63. The quantitative estimate of drug-likeness (QED) is 0.614. The minimum Gasteiger partial charge on any atom is -0.0683 e. The fourth-order valence-corrected chi connectivity index (χ4v) is 1.88. The van der Waals surface area contributed by atoms with E-state index < -0.39 is 0 Å². The zero-order chi connectivity index (χ0) is 12.1. The van der Waals surface area contributed by atoms with Crippen LogP contribution in [0.25, 0.3) is 0 Å². The molecule has 0 heteroatoms. The largest absolute Gasteiger partial charge is 0.0683 e. The van der Waals surface area contributed by atoms with Crippen LogP contribution in [0, 0.1) is 6.92 Å². The van der Waals surface area contributed by atoms with Crippen LogP contribution in [0.2, 0.25) is 0 Å². The summed E-state index contributed by atoms with van der Waals surface area (Å²) in [5.41, 5.74) is 4.70. The van der Waals surface area contributed by atoms with Gasteiger partial charge in [0.15, 0.2) is 0 Å². The summed E-state index contributed by atoms with van der Waals surface area (Å²) in [7, 11) is 0. The highest BCUT2D eigenvalue weighted by atomic mass is 14.2. The van der Waals surface area contributed by atoms with Crippen molar-refractivity contribution in [2.45, 2.75) is 60.3 Å². The van der Waals surface area contributed by atoms with Crippen molar-refractivity contribution in [2.24, 2.45) is 0 Å². The highest BCUT2D eigenvalue weighted by Crippen LogP contribution is 2.27. The van der Waals surface area contributed by atoms with E-state index in [1.807, 2.05) is 13.8 Å². The third-order valence-electron chi connectivity index (χ3n) is 2.63. The number of aryl methyl sites for hydroxylation is 1. The molecule has 0 bridgehead atoms. The van der Waals surface area contributed by atoms with Gasteiger partial charge in [-0.3, -0.25) is 0 Å². The summed E-state index contributed by atoms with van der Waals surface area (Å²) in [5, 5.41) is 0. The predicted octanol–water partition coefficient (Wildman–Crippen LogP) is 4.88. The van der Waals surface area contributed by atoms with Crippen LogP contribution in [0.4, 0.5) is 0 Å². The van der Waals surface area contributed by atoms with Crippen LogP contribution in [-0.2, 0) is 11.8 Å². The molecule has 0 saturated carbocycles. The Labute approximate surface area is 95.7 Å². The van der Waals surface area contributed by atoms with Gasteiger partial charge in [0, 0.05) is 0 Å². The molecule has 0 aliphatic heterocycles. The molecule has 1 aromatic rings. The molecule has 0 aromatic heterocycles. The number of hydrogen-bond donors (Lipinski definition) is 0. The van der Waals surface area contributed by atoms with E-state index in [2.05, 4.69) is 52.8 Å². The zero-order valence-corrected chi connectivity index (χ0v) is 11.4. The molecule has 15 heavy (non-hydrogen) atoms. The molecule has 0 amide bonds. The van der Waals surface area contributed by atoms with Crippen LogP contribution in [0.5, 0.6) is 0 Å². The molecule has 0 aliphatic rings. The minimum absolute atomic E-state index is 0.273. The van der Waals surface area contributed by atoms with Crippen molar-refractivity contribution in [1.82, 2.24) is 0 Å². The molecule has 0 atom stereocenters. The Hall–Kier alpha value is -0.780. The van der Waals surface area contributed by atoms with Gasteiger partial charge in [-0.1, -0.05) is 59.7 Å². The Bertz CT molecular complexity index is 289. The summed E-state index contributed by atoms with van der Waals surface area (Å²) in [4.78, 5) is 0. The minimum atomic E-state index is 0.273. The lowest BCUT2D eigenvalue weighted by atomic mass is 9.82. The van der Waals surface area contributed by atoms with Crippen molar-refractivity contribution in [3.8, 4) is 0 Å². The van der Waals surface area contributed by atoms with Crippen LogP contribution in [0.3, 0.4) is 0 Å². The Morgan fingerprint density at radius 3 is 2.00 bits per heavy atom. The number of benzene rings is 1. The molecule has 0 N–H and O–H groups in total. The van der Waals surface area contributed by atoms with Gasteiger partial charge >= 0.3 is 0 Å². The first kappa shape index (κ1) is 14.2. The van der Waals surface area contributed by atoms with Crippen molar-refractivity contribution < 1.29 is 0 Å². The maximum absolute atomic E-state index is 2.27. The second kappa shape index (κ2) is 5.95. The van der Waals surface area contributed by atoms with E-state index in [1.54, 1.807) is 0 Å². The van der Waals surface area contributed by atoms with Crippen LogP contribution in [0.15, 0.2) is 18.2 Å². The monoisotopic (exact) mass is 206 g/mol. The lowest BCUT2D eigenvalue weighted by Crippen LogP contribution is -2.13. The van der Waals surface area contributed by atoms with Gasteiger partial charge in [0.25, 0.3) is 0 Å². The number of hydrogen-bond acceptors (Lipinski definition) is 0. The fraction of sp³-hybridized carbons (Fsp3) is 0.600. The second-order valence-electron chi connectivity index (χ2n) is 4.69. The van der Waals surface area contributed by atoms with Gasteiger partial charge in [0.2, 0.25) is 0 Å². The summed E-state index contributed by atoms with van der Waals surface area (Å²) < 4.78 is 0. The molecule has 0 aliphatic carbocycles. The van der Waals surface area contributed by atoms with Gasteiger partial charge in [-0.15, -0.1) is 0 Å². The van der Waals surface area contributed by atoms with Crippen molar-refractivity contribution in [3.05, 3.63) is 34.9 Å². The van der Waals surface area contributed by atoms with Gasteiger partial charge < -0.3 is 0 Å². The zero-order valence-electron chi connectivity index (χ0n) is 11.4. The SMILES string of the molecule is CC.CCc1cccc(C(C)(C)C)c1C. The average Bonchev–Trinajstić information content (AvgIpc) is 2.19. The Morgan fingerprint density at radius 2 is 1.60 bits per heavy atom. The predicted molar refractivity (Wildman–Crippen MR) is 70.6 cm³/mol. The molecule has 0 saturated heterocycles. The molecular formula is C15H26. The molecule has 0 fully saturated rings. The van der Waals surface area contributed by atoms with Gasteiger partial charge in [0.1, 0.15) is 0 Å². The maximum Gasteiger partial charge on any atom is -0.0129 e. The van der Waals surface area contributed by atoms with E-state index in [-0.39, 0.29) is 5.41 Å². The topological polar surface area (TPSA) is 0 Å². The standard InChI is InChI=1S/C13H20.C2H6/c1-6-11-8-7-9-12(10(11)2)13(3,4)5;1-2/h7-9H,6H2,1-5H3;1-2H3. The first-order valence-electron chi connectivity index (χ1n) is 6.05. The average molecular weight is 206 g/mol. The Kier molecular flexibility index (Phi) is 5.64. The van der Waals surface area contributed by atoms with E-state index >= 15 is 0 Å². The highest BCUT2D eigenvalue weighted by molar-refractivity contribution is 5.38. The Balaban J connectivity index is 0.000000921. The smallest absolute Gasteiger partial charge is 0.0129 e. The van der Waals surface area contributed by atoms with Crippen molar-refractivity contribution >= 4 is 0 Å². The van der Waals surface area contributed by atoms with Gasteiger partial charge in [0.05, 0.1) is 0 Å². The van der Waals surface area contributed by atoms with E-state index in [4.69, 9.17) is 0 Å². The van der Waals surface area contributed by atoms with Crippen LogP contribution in [0.1, 0.15) is 58.2 Å². The number of rotatable bonds is 1. The van der Waals surface area contributed by atoms with Gasteiger partial charge in [-0.05, 0) is 35.4 Å².